The van der Waals surface area contributed by atoms with Crippen molar-refractivity contribution in [1.29, 1.82) is 15.8 Å². The molecule has 0 aromatic carbocycles. The normalized spacial score (nSPS) is 14.8. The van der Waals surface area contributed by atoms with Gasteiger partial charge in [-0.05, 0) is 18.2 Å². The van der Waals surface area contributed by atoms with Crippen molar-refractivity contribution in [2.75, 3.05) is 31.1 Å². The molecule has 1 aliphatic rings. The number of hydrogen-bond acceptors (Lipinski definition) is 7. The highest BCUT2D eigenvalue weighted by Crippen LogP contribution is 2.18. The number of nitrogens with zero attached hydrogens (tertiary/aromatic N) is 6. The molecule has 1 saturated heterocycles. The lowest BCUT2D eigenvalue weighted by Crippen LogP contribution is -2.47. The van der Waals surface area contributed by atoms with Crippen LogP contribution >= 0.6 is 11.6 Å². The quantitative estimate of drug-likeness (QED) is 0.504. The number of halogens is 1. The molecule has 0 spiro atoms. The first-order valence-corrected chi connectivity index (χ1v) is 7.51. The average Bonchev–Trinajstić information content (AvgIpc) is 2.62. The molecule has 2 N–H and O–H groups in total. The zero-order valence-corrected chi connectivity index (χ0v) is 13.5. The third-order valence-electron chi connectivity index (χ3n) is 3.57. The van der Waals surface area contributed by atoms with Crippen molar-refractivity contribution in [3.8, 4) is 18.2 Å². The van der Waals surface area contributed by atoms with Gasteiger partial charge in [0.1, 0.15) is 40.6 Å². The van der Waals surface area contributed by atoms with Crippen LogP contribution in [0, 0.1) is 34.0 Å². The SMILES string of the molecule is N#CC(C#N)=CC(C#N)=C(N)N1CCN(c2cccc(Cl)n2)CC1. The van der Waals surface area contributed by atoms with Crippen molar-refractivity contribution in [2.45, 2.75) is 0 Å². The fraction of sp³-hybridized carbons (Fsp3) is 0.250. The van der Waals surface area contributed by atoms with Gasteiger partial charge in [0.15, 0.2) is 0 Å². The number of allylic oxidation sites excluding steroid dienone is 3. The molecule has 1 aromatic rings. The fourth-order valence-corrected chi connectivity index (χ4v) is 2.48. The van der Waals surface area contributed by atoms with E-state index in [9.17, 15) is 5.26 Å². The second-order valence-corrected chi connectivity index (χ2v) is 5.37. The minimum Gasteiger partial charge on any atom is -0.384 e. The van der Waals surface area contributed by atoms with E-state index < -0.39 is 0 Å². The van der Waals surface area contributed by atoms with Crippen molar-refractivity contribution in [1.82, 2.24) is 9.88 Å². The van der Waals surface area contributed by atoms with Crippen LogP contribution in [-0.4, -0.2) is 36.1 Å². The second kappa shape index (κ2) is 7.87. The zero-order valence-electron chi connectivity index (χ0n) is 12.8. The second-order valence-electron chi connectivity index (χ2n) is 4.98. The Morgan fingerprint density at radius 3 is 2.33 bits per heavy atom. The van der Waals surface area contributed by atoms with Gasteiger partial charge in [-0.1, -0.05) is 17.7 Å². The van der Waals surface area contributed by atoms with E-state index >= 15 is 0 Å². The van der Waals surface area contributed by atoms with Gasteiger partial charge >= 0.3 is 0 Å². The van der Waals surface area contributed by atoms with E-state index in [1.54, 1.807) is 18.2 Å². The molecule has 120 valence electrons. The molecule has 1 fully saturated rings. The van der Waals surface area contributed by atoms with Crippen LogP contribution in [0.2, 0.25) is 5.15 Å². The van der Waals surface area contributed by atoms with Crippen molar-refractivity contribution in [3.05, 3.63) is 46.4 Å². The molecule has 24 heavy (non-hydrogen) atoms. The Bertz CT molecular complexity index is 783. The topological polar surface area (TPSA) is 117 Å². The Kier molecular flexibility index (Phi) is 5.63. The van der Waals surface area contributed by atoms with Gasteiger partial charge in [0.2, 0.25) is 0 Å². The lowest BCUT2D eigenvalue weighted by atomic mass is 10.1. The molecule has 0 radical (unpaired) electrons. The molecule has 2 rings (SSSR count). The van der Waals surface area contributed by atoms with E-state index in [2.05, 4.69) is 9.88 Å². The molecule has 0 atom stereocenters. The third kappa shape index (κ3) is 3.95. The number of rotatable bonds is 3. The molecule has 2 heterocycles. The summed E-state index contributed by atoms with van der Waals surface area (Å²) in [5, 5.41) is 27.2. The number of nitrogens with two attached hydrogens (primary N) is 1. The summed E-state index contributed by atoms with van der Waals surface area (Å²) in [7, 11) is 0. The van der Waals surface area contributed by atoms with Gasteiger partial charge in [-0.2, -0.15) is 15.8 Å². The zero-order chi connectivity index (χ0) is 17.5. The first-order valence-electron chi connectivity index (χ1n) is 7.13. The highest BCUT2D eigenvalue weighted by molar-refractivity contribution is 6.29. The Balaban J connectivity index is 2.12. The minimum absolute atomic E-state index is 0.113. The van der Waals surface area contributed by atoms with E-state index in [4.69, 9.17) is 27.9 Å². The highest BCUT2D eigenvalue weighted by Gasteiger charge is 2.20. The van der Waals surface area contributed by atoms with Gasteiger partial charge in [-0.25, -0.2) is 4.98 Å². The summed E-state index contributed by atoms with van der Waals surface area (Å²) in [4.78, 5) is 8.20. The molecule has 0 amide bonds. The minimum atomic E-state index is -0.156. The molecule has 1 aromatic heterocycles. The predicted octanol–water partition coefficient (Wildman–Crippen LogP) is 1.52. The lowest BCUT2D eigenvalue weighted by molar-refractivity contribution is 0.316. The Morgan fingerprint density at radius 1 is 1.12 bits per heavy atom. The molecular formula is C16H14ClN7. The molecule has 0 saturated carbocycles. The molecule has 1 aliphatic heterocycles. The van der Waals surface area contributed by atoms with E-state index in [1.807, 2.05) is 23.1 Å². The summed E-state index contributed by atoms with van der Waals surface area (Å²) in [5.74, 6) is 1.06. The van der Waals surface area contributed by atoms with E-state index in [-0.39, 0.29) is 17.0 Å². The number of nitriles is 3. The Labute approximate surface area is 145 Å². The maximum absolute atomic E-state index is 9.21. The van der Waals surface area contributed by atoms with Crippen LogP contribution in [0.1, 0.15) is 0 Å². The smallest absolute Gasteiger partial charge is 0.131 e. The van der Waals surface area contributed by atoms with Gasteiger partial charge in [0, 0.05) is 26.2 Å². The van der Waals surface area contributed by atoms with Crippen molar-refractivity contribution in [2.24, 2.45) is 5.73 Å². The van der Waals surface area contributed by atoms with Gasteiger partial charge < -0.3 is 15.5 Å². The Morgan fingerprint density at radius 2 is 1.79 bits per heavy atom. The van der Waals surface area contributed by atoms with E-state index in [0.717, 1.165) is 5.82 Å². The van der Waals surface area contributed by atoms with E-state index in [0.29, 0.717) is 31.3 Å². The van der Waals surface area contributed by atoms with Crippen LogP contribution < -0.4 is 10.6 Å². The van der Waals surface area contributed by atoms with Gasteiger partial charge in [0.25, 0.3) is 0 Å². The summed E-state index contributed by atoms with van der Waals surface area (Å²) >= 11 is 5.91. The maximum Gasteiger partial charge on any atom is 0.131 e. The van der Waals surface area contributed by atoms with Crippen LogP contribution in [0.15, 0.2) is 41.2 Å². The standard InChI is InChI=1S/C16H14ClN7/c17-14-2-1-3-15(22-14)23-4-6-24(7-5-23)16(21)13(11-20)8-12(9-18)10-19/h1-3,8H,4-7,21H2. The summed E-state index contributed by atoms with van der Waals surface area (Å²) in [6, 6.07) is 10.8. The van der Waals surface area contributed by atoms with Gasteiger partial charge in [-0.15, -0.1) is 0 Å². The molecule has 8 heteroatoms. The molecule has 0 bridgehead atoms. The van der Waals surface area contributed by atoms with Crippen LogP contribution in [0.3, 0.4) is 0 Å². The first kappa shape index (κ1) is 17.1. The summed E-state index contributed by atoms with van der Waals surface area (Å²) in [6.07, 6.45) is 1.21. The predicted molar refractivity (Wildman–Crippen MR) is 89.2 cm³/mol. The van der Waals surface area contributed by atoms with Crippen molar-refractivity contribution in [3.63, 3.8) is 0 Å². The number of pyridine rings is 1. The summed E-state index contributed by atoms with van der Waals surface area (Å²) in [6.45, 7) is 2.51. The third-order valence-corrected chi connectivity index (χ3v) is 3.78. The van der Waals surface area contributed by atoms with Crippen LogP contribution in [0.5, 0.6) is 0 Å². The monoisotopic (exact) mass is 339 g/mol. The molecule has 0 unspecified atom stereocenters. The van der Waals surface area contributed by atoms with Crippen LogP contribution in [0.25, 0.3) is 0 Å². The first-order chi connectivity index (χ1) is 11.6. The van der Waals surface area contributed by atoms with Crippen LogP contribution in [0.4, 0.5) is 5.82 Å². The largest absolute Gasteiger partial charge is 0.384 e. The molecule has 7 nitrogen and oxygen atoms in total. The highest BCUT2D eigenvalue weighted by atomic mass is 35.5. The van der Waals surface area contributed by atoms with Crippen molar-refractivity contribution < 1.29 is 0 Å². The maximum atomic E-state index is 9.21. The molecular weight excluding hydrogens is 326 g/mol. The van der Waals surface area contributed by atoms with Gasteiger partial charge in [-0.3, -0.25) is 0 Å². The summed E-state index contributed by atoms with van der Waals surface area (Å²) < 4.78 is 0. The number of piperazine rings is 1. The molecule has 0 aliphatic carbocycles. The van der Waals surface area contributed by atoms with Crippen molar-refractivity contribution >= 4 is 17.4 Å². The number of anilines is 1. The lowest BCUT2D eigenvalue weighted by Gasteiger charge is -2.36. The van der Waals surface area contributed by atoms with E-state index in [1.165, 1.54) is 6.08 Å². The fourth-order valence-electron chi connectivity index (χ4n) is 2.32. The Hall–Kier alpha value is -3.21. The summed E-state index contributed by atoms with van der Waals surface area (Å²) in [5.41, 5.74) is 5.99. The average molecular weight is 340 g/mol. The number of aromatic nitrogens is 1. The van der Waals surface area contributed by atoms with Gasteiger partial charge in [0.05, 0.1) is 5.57 Å². The number of hydrogen-bond donors (Lipinski definition) is 1. The van der Waals surface area contributed by atoms with Crippen LogP contribution in [-0.2, 0) is 0 Å².